The van der Waals surface area contributed by atoms with Crippen molar-refractivity contribution in [1.82, 2.24) is 15.1 Å². The van der Waals surface area contributed by atoms with Gasteiger partial charge in [0.25, 0.3) is 5.91 Å². The fraction of sp³-hybridized carbons (Fsp3) is 0.200. The minimum Gasteiger partial charge on any atom is -0.497 e. The van der Waals surface area contributed by atoms with Crippen LogP contribution in [0.4, 0.5) is 4.39 Å². The first-order chi connectivity index (χ1) is 12.6. The minimum absolute atomic E-state index is 0.113. The molecule has 0 radical (unpaired) electrons. The summed E-state index contributed by atoms with van der Waals surface area (Å²) < 4.78 is 20.6. The smallest absolute Gasteiger partial charge is 0.272 e. The highest BCUT2D eigenvalue weighted by molar-refractivity contribution is 5.93. The van der Waals surface area contributed by atoms with E-state index < -0.39 is 0 Å². The van der Waals surface area contributed by atoms with Gasteiger partial charge >= 0.3 is 0 Å². The first-order valence-corrected chi connectivity index (χ1v) is 8.36. The van der Waals surface area contributed by atoms with Crippen LogP contribution < -0.4 is 10.1 Å². The standard InChI is InChI=1S/C20H20FN3O2/c1-3-24-19(14-8-10-16(26-2)11-9-14)12-18(23-24)20(25)22-13-15-6-4-5-7-17(15)21/h4-12H,3,13H2,1-2H3,(H,22,25). The molecule has 0 unspecified atom stereocenters. The van der Waals surface area contributed by atoms with Crippen molar-refractivity contribution in [2.45, 2.75) is 20.0 Å². The lowest BCUT2D eigenvalue weighted by atomic mass is 10.1. The van der Waals surface area contributed by atoms with Gasteiger partial charge in [-0.05, 0) is 43.3 Å². The predicted octanol–water partition coefficient (Wildman–Crippen LogP) is 3.65. The summed E-state index contributed by atoms with van der Waals surface area (Å²) in [4.78, 5) is 12.4. The van der Waals surface area contributed by atoms with E-state index in [-0.39, 0.29) is 18.3 Å². The second kappa shape index (κ2) is 7.82. The average molecular weight is 353 g/mol. The van der Waals surface area contributed by atoms with Gasteiger partial charge in [-0.15, -0.1) is 0 Å². The molecule has 0 saturated carbocycles. The van der Waals surface area contributed by atoms with Crippen LogP contribution >= 0.6 is 0 Å². The second-order valence-electron chi connectivity index (χ2n) is 5.73. The molecule has 0 aliphatic carbocycles. The van der Waals surface area contributed by atoms with Crippen molar-refractivity contribution >= 4 is 5.91 Å². The third-order valence-electron chi connectivity index (χ3n) is 4.10. The van der Waals surface area contributed by atoms with Crippen molar-refractivity contribution in [3.8, 4) is 17.0 Å². The van der Waals surface area contributed by atoms with Crippen LogP contribution in [-0.4, -0.2) is 22.8 Å². The summed E-state index contributed by atoms with van der Waals surface area (Å²) in [6.45, 7) is 2.70. The summed E-state index contributed by atoms with van der Waals surface area (Å²) in [5, 5.41) is 7.08. The monoisotopic (exact) mass is 353 g/mol. The average Bonchev–Trinajstić information content (AvgIpc) is 3.12. The molecule has 3 aromatic rings. The fourth-order valence-electron chi connectivity index (χ4n) is 2.67. The summed E-state index contributed by atoms with van der Waals surface area (Å²) in [5.41, 5.74) is 2.51. The zero-order chi connectivity index (χ0) is 18.5. The van der Waals surface area contributed by atoms with Crippen LogP contribution in [0.15, 0.2) is 54.6 Å². The van der Waals surface area contributed by atoms with Crippen molar-refractivity contribution in [2.75, 3.05) is 7.11 Å². The molecule has 134 valence electrons. The number of aromatic nitrogens is 2. The number of hydrogen-bond donors (Lipinski definition) is 1. The number of nitrogens with one attached hydrogen (secondary N) is 1. The fourth-order valence-corrected chi connectivity index (χ4v) is 2.67. The van der Waals surface area contributed by atoms with Gasteiger partial charge in [-0.1, -0.05) is 18.2 Å². The molecule has 0 fully saturated rings. The lowest BCUT2D eigenvalue weighted by Crippen LogP contribution is -2.24. The number of nitrogens with zero attached hydrogens (tertiary/aromatic N) is 2. The van der Waals surface area contributed by atoms with E-state index in [4.69, 9.17) is 4.74 Å². The van der Waals surface area contributed by atoms with Crippen molar-refractivity contribution in [1.29, 1.82) is 0 Å². The zero-order valence-corrected chi connectivity index (χ0v) is 14.7. The van der Waals surface area contributed by atoms with Crippen LogP contribution in [0.2, 0.25) is 0 Å². The normalized spacial score (nSPS) is 10.6. The van der Waals surface area contributed by atoms with E-state index in [2.05, 4.69) is 10.4 Å². The molecule has 2 aromatic carbocycles. The van der Waals surface area contributed by atoms with Crippen molar-refractivity contribution in [3.05, 3.63) is 71.7 Å². The Labute approximate surface area is 151 Å². The number of methoxy groups -OCH3 is 1. The largest absolute Gasteiger partial charge is 0.497 e. The number of carbonyl (C=O) groups excluding carboxylic acids is 1. The Morgan fingerprint density at radius 1 is 1.19 bits per heavy atom. The molecule has 6 heteroatoms. The van der Waals surface area contributed by atoms with Crippen LogP contribution in [0.5, 0.6) is 5.75 Å². The van der Waals surface area contributed by atoms with Gasteiger partial charge in [0.2, 0.25) is 0 Å². The van der Waals surface area contributed by atoms with Crippen LogP contribution in [0.25, 0.3) is 11.3 Å². The summed E-state index contributed by atoms with van der Waals surface area (Å²) in [7, 11) is 1.61. The Morgan fingerprint density at radius 3 is 2.58 bits per heavy atom. The Morgan fingerprint density at radius 2 is 1.92 bits per heavy atom. The van der Waals surface area contributed by atoms with E-state index in [1.807, 2.05) is 31.2 Å². The maximum absolute atomic E-state index is 13.7. The predicted molar refractivity (Wildman–Crippen MR) is 97.5 cm³/mol. The Kier molecular flexibility index (Phi) is 5.31. The van der Waals surface area contributed by atoms with E-state index in [1.54, 1.807) is 36.1 Å². The minimum atomic E-state index is -0.342. The SMILES string of the molecule is CCn1nc(C(=O)NCc2ccccc2F)cc1-c1ccc(OC)cc1. The van der Waals surface area contributed by atoms with E-state index >= 15 is 0 Å². The number of aryl methyl sites for hydroxylation is 1. The molecule has 0 saturated heterocycles. The first kappa shape index (κ1) is 17.7. The van der Waals surface area contributed by atoms with E-state index in [9.17, 15) is 9.18 Å². The number of amides is 1. The van der Waals surface area contributed by atoms with E-state index in [0.29, 0.717) is 17.8 Å². The van der Waals surface area contributed by atoms with Crippen molar-refractivity contribution in [2.24, 2.45) is 0 Å². The molecular formula is C20H20FN3O2. The summed E-state index contributed by atoms with van der Waals surface area (Å²) >= 11 is 0. The second-order valence-corrected chi connectivity index (χ2v) is 5.73. The molecule has 26 heavy (non-hydrogen) atoms. The van der Waals surface area contributed by atoms with E-state index in [1.165, 1.54) is 6.07 Å². The van der Waals surface area contributed by atoms with Gasteiger partial charge in [0, 0.05) is 24.2 Å². The highest BCUT2D eigenvalue weighted by Gasteiger charge is 2.15. The highest BCUT2D eigenvalue weighted by atomic mass is 19.1. The summed E-state index contributed by atoms with van der Waals surface area (Å²) in [5.74, 6) is 0.0835. The molecule has 5 nitrogen and oxygen atoms in total. The molecule has 0 aliphatic rings. The zero-order valence-electron chi connectivity index (χ0n) is 14.7. The summed E-state index contributed by atoms with van der Waals surface area (Å²) in [6, 6.07) is 15.7. The van der Waals surface area contributed by atoms with Gasteiger partial charge < -0.3 is 10.1 Å². The molecule has 0 spiro atoms. The summed E-state index contributed by atoms with van der Waals surface area (Å²) in [6.07, 6.45) is 0. The van der Waals surface area contributed by atoms with Gasteiger partial charge in [0.15, 0.2) is 5.69 Å². The Hall–Kier alpha value is -3.15. The highest BCUT2D eigenvalue weighted by Crippen LogP contribution is 2.23. The van der Waals surface area contributed by atoms with Crippen LogP contribution in [0.1, 0.15) is 23.0 Å². The molecule has 0 atom stereocenters. The van der Waals surface area contributed by atoms with Gasteiger partial charge in [-0.2, -0.15) is 5.10 Å². The molecule has 0 bridgehead atoms. The van der Waals surface area contributed by atoms with Crippen molar-refractivity contribution in [3.63, 3.8) is 0 Å². The maximum Gasteiger partial charge on any atom is 0.272 e. The third kappa shape index (κ3) is 3.74. The molecule has 1 heterocycles. The maximum atomic E-state index is 13.7. The number of ether oxygens (including phenoxy) is 1. The lowest BCUT2D eigenvalue weighted by Gasteiger charge is -2.05. The van der Waals surface area contributed by atoms with E-state index in [0.717, 1.165) is 17.0 Å². The quantitative estimate of drug-likeness (QED) is 0.736. The number of rotatable bonds is 6. The van der Waals surface area contributed by atoms with Gasteiger partial charge in [0.1, 0.15) is 11.6 Å². The molecule has 3 rings (SSSR count). The molecule has 1 aromatic heterocycles. The van der Waals surface area contributed by atoms with Crippen LogP contribution in [-0.2, 0) is 13.1 Å². The number of hydrogen-bond acceptors (Lipinski definition) is 3. The molecule has 1 amide bonds. The topological polar surface area (TPSA) is 56.2 Å². The van der Waals surface area contributed by atoms with Gasteiger partial charge in [-0.3, -0.25) is 9.48 Å². The first-order valence-electron chi connectivity index (χ1n) is 8.36. The third-order valence-corrected chi connectivity index (χ3v) is 4.10. The molecular weight excluding hydrogens is 333 g/mol. The number of benzene rings is 2. The van der Waals surface area contributed by atoms with Crippen LogP contribution in [0.3, 0.4) is 0 Å². The Bertz CT molecular complexity index is 904. The Balaban J connectivity index is 1.78. The lowest BCUT2D eigenvalue weighted by molar-refractivity contribution is 0.0944. The van der Waals surface area contributed by atoms with Crippen molar-refractivity contribution < 1.29 is 13.9 Å². The van der Waals surface area contributed by atoms with Crippen LogP contribution in [0, 0.1) is 5.82 Å². The molecule has 1 N–H and O–H groups in total. The number of carbonyl (C=O) groups is 1. The van der Waals surface area contributed by atoms with Gasteiger partial charge in [-0.25, -0.2) is 4.39 Å². The van der Waals surface area contributed by atoms with Gasteiger partial charge in [0.05, 0.1) is 12.8 Å². The molecule has 0 aliphatic heterocycles. The number of halogens is 1.